The van der Waals surface area contributed by atoms with Gasteiger partial charge >= 0.3 is 0 Å². The van der Waals surface area contributed by atoms with Gasteiger partial charge in [-0.3, -0.25) is 0 Å². The zero-order chi connectivity index (χ0) is 11.8. The molecular weight excluding hydrogens is 202 g/mol. The lowest BCUT2D eigenvalue weighted by Gasteiger charge is -2.22. The van der Waals surface area contributed by atoms with Gasteiger partial charge in [-0.15, -0.1) is 0 Å². The summed E-state index contributed by atoms with van der Waals surface area (Å²) in [6.45, 7) is 6.44. The molecule has 0 aliphatic heterocycles. The molecule has 0 bridgehead atoms. The lowest BCUT2D eigenvalue weighted by Crippen LogP contribution is -2.16. The van der Waals surface area contributed by atoms with E-state index >= 15 is 0 Å². The lowest BCUT2D eigenvalue weighted by molar-refractivity contribution is 0.582. The van der Waals surface area contributed by atoms with Crippen molar-refractivity contribution in [2.45, 2.75) is 26.2 Å². The van der Waals surface area contributed by atoms with Crippen molar-refractivity contribution in [2.75, 3.05) is 5.73 Å². The third-order valence-electron chi connectivity index (χ3n) is 2.43. The van der Waals surface area contributed by atoms with Crippen molar-refractivity contribution in [3.63, 3.8) is 0 Å². The van der Waals surface area contributed by atoms with E-state index in [0.717, 1.165) is 11.3 Å². The Balaban J connectivity index is 2.62. The second-order valence-corrected chi connectivity index (χ2v) is 4.72. The Bertz CT molecular complexity index is 495. The fraction of sp³-hybridized carbons (Fsp3) is 0.364. The molecule has 0 amide bonds. The van der Waals surface area contributed by atoms with Gasteiger partial charge in [-0.2, -0.15) is 4.68 Å². The van der Waals surface area contributed by atoms with Gasteiger partial charge in [-0.05, 0) is 27.5 Å². The Morgan fingerprint density at radius 2 is 1.88 bits per heavy atom. The normalized spacial score (nSPS) is 11.7. The van der Waals surface area contributed by atoms with Gasteiger partial charge in [0, 0.05) is 0 Å². The van der Waals surface area contributed by atoms with Crippen molar-refractivity contribution in [3.05, 3.63) is 29.8 Å². The summed E-state index contributed by atoms with van der Waals surface area (Å²) in [4.78, 5) is 0. The fourth-order valence-electron chi connectivity index (χ4n) is 1.66. The van der Waals surface area contributed by atoms with Crippen LogP contribution in [0.2, 0.25) is 0 Å². The summed E-state index contributed by atoms with van der Waals surface area (Å²) >= 11 is 0. The maximum atomic E-state index is 5.71. The van der Waals surface area contributed by atoms with Gasteiger partial charge in [-0.25, -0.2) is 0 Å². The fourth-order valence-corrected chi connectivity index (χ4v) is 1.66. The smallest absolute Gasteiger partial charge is 0.245 e. The average molecular weight is 217 g/mol. The maximum Gasteiger partial charge on any atom is 0.245 e. The molecule has 1 aromatic heterocycles. The van der Waals surface area contributed by atoms with Gasteiger partial charge < -0.3 is 5.73 Å². The lowest BCUT2D eigenvalue weighted by atomic mass is 9.86. The van der Waals surface area contributed by atoms with Crippen LogP contribution < -0.4 is 5.73 Å². The second-order valence-electron chi connectivity index (χ2n) is 4.72. The molecular formula is C11H15N5. The Labute approximate surface area is 94.3 Å². The van der Waals surface area contributed by atoms with Crippen molar-refractivity contribution in [1.82, 2.24) is 20.2 Å². The van der Waals surface area contributed by atoms with Crippen LogP contribution in [0.5, 0.6) is 0 Å². The SMILES string of the molecule is CC(C)(C)c1ccccc1-n1nnnc1N. The van der Waals surface area contributed by atoms with E-state index in [-0.39, 0.29) is 5.41 Å². The monoisotopic (exact) mass is 217 g/mol. The van der Waals surface area contributed by atoms with Crippen LogP contribution in [-0.4, -0.2) is 20.2 Å². The molecule has 1 aromatic carbocycles. The summed E-state index contributed by atoms with van der Waals surface area (Å²) in [5.41, 5.74) is 7.82. The van der Waals surface area contributed by atoms with E-state index in [9.17, 15) is 0 Å². The number of hydrogen-bond acceptors (Lipinski definition) is 4. The zero-order valence-corrected chi connectivity index (χ0v) is 9.68. The van der Waals surface area contributed by atoms with Crippen LogP contribution in [0.1, 0.15) is 26.3 Å². The molecule has 2 aromatic rings. The van der Waals surface area contributed by atoms with Crippen molar-refractivity contribution in [3.8, 4) is 5.69 Å². The highest BCUT2D eigenvalue weighted by molar-refractivity contribution is 5.46. The summed E-state index contributed by atoms with van der Waals surface area (Å²) in [6.07, 6.45) is 0. The van der Waals surface area contributed by atoms with Gasteiger partial charge in [-0.1, -0.05) is 44.1 Å². The van der Waals surface area contributed by atoms with Crippen LogP contribution in [0, 0.1) is 0 Å². The minimum absolute atomic E-state index is 0.0228. The van der Waals surface area contributed by atoms with Gasteiger partial charge in [0.25, 0.3) is 0 Å². The minimum atomic E-state index is 0.0228. The highest BCUT2D eigenvalue weighted by Crippen LogP contribution is 2.28. The molecule has 0 saturated heterocycles. The first-order chi connectivity index (χ1) is 7.50. The van der Waals surface area contributed by atoms with E-state index in [1.54, 1.807) is 4.68 Å². The third kappa shape index (κ3) is 1.76. The average Bonchev–Trinajstić information content (AvgIpc) is 2.63. The van der Waals surface area contributed by atoms with Crippen LogP contribution in [0.4, 0.5) is 5.95 Å². The molecule has 5 heteroatoms. The van der Waals surface area contributed by atoms with E-state index < -0.39 is 0 Å². The summed E-state index contributed by atoms with van der Waals surface area (Å²) in [5.74, 6) is 0.303. The van der Waals surface area contributed by atoms with Crippen LogP contribution in [0.15, 0.2) is 24.3 Å². The highest BCUT2D eigenvalue weighted by Gasteiger charge is 2.19. The van der Waals surface area contributed by atoms with Crippen molar-refractivity contribution in [2.24, 2.45) is 0 Å². The number of nitrogens with two attached hydrogens (primary N) is 1. The predicted molar refractivity (Wildman–Crippen MR) is 62.3 cm³/mol. The van der Waals surface area contributed by atoms with Crippen LogP contribution in [0.25, 0.3) is 5.69 Å². The van der Waals surface area contributed by atoms with Gasteiger partial charge in [0.2, 0.25) is 5.95 Å². The number of aromatic nitrogens is 4. The summed E-state index contributed by atoms with van der Waals surface area (Å²) in [6, 6.07) is 7.99. The molecule has 0 saturated carbocycles. The van der Waals surface area contributed by atoms with E-state index in [1.165, 1.54) is 0 Å². The summed E-state index contributed by atoms with van der Waals surface area (Å²) in [7, 11) is 0. The quantitative estimate of drug-likeness (QED) is 0.786. The van der Waals surface area contributed by atoms with Gasteiger partial charge in [0.15, 0.2) is 0 Å². The van der Waals surface area contributed by atoms with Crippen molar-refractivity contribution < 1.29 is 0 Å². The van der Waals surface area contributed by atoms with Crippen molar-refractivity contribution in [1.29, 1.82) is 0 Å². The molecule has 0 spiro atoms. The van der Waals surface area contributed by atoms with Crippen LogP contribution >= 0.6 is 0 Å². The summed E-state index contributed by atoms with van der Waals surface area (Å²) in [5, 5.41) is 11.1. The van der Waals surface area contributed by atoms with Crippen LogP contribution in [-0.2, 0) is 5.41 Å². The van der Waals surface area contributed by atoms with E-state index in [4.69, 9.17) is 5.73 Å². The molecule has 5 nitrogen and oxygen atoms in total. The number of para-hydroxylation sites is 1. The molecule has 84 valence electrons. The zero-order valence-electron chi connectivity index (χ0n) is 9.68. The van der Waals surface area contributed by atoms with E-state index in [2.05, 4.69) is 42.4 Å². The Hall–Kier alpha value is -1.91. The molecule has 16 heavy (non-hydrogen) atoms. The molecule has 0 atom stereocenters. The standard InChI is InChI=1S/C11H15N5/c1-11(2,3)8-6-4-5-7-9(8)16-10(12)13-14-15-16/h4-7H,1-3H3,(H2,12,13,15). The highest BCUT2D eigenvalue weighted by atomic mass is 15.6. The molecule has 0 radical (unpaired) electrons. The van der Waals surface area contributed by atoms with E-state index in [1.807, 2.05) is 18.2 Å². The molecule has 0 unspecified atom stereocenters. The van der Waals surface area contributed by atoms with Crippen molar-refractivity contribution >= 4 is 5.95 Å². The first-order valence-corrected chi connectivity index (χ1v) is 5.14. The molecule has 0 aliphatic carbocycles. The molecule has 0 fully saturated rings. The molecule has 2 N–H and O–H groups in total. The Morgan fingerprint density at radius 3 is 2.44 bits per heavy atom. The Morgan fingerprint density at radius 1 is 1.19 bits per heavy atom. The molecule has 2 rings (SSSR count). The molecule has 1 heterocycles. The number of nitrogens with zero attached hydrogens (tertiary/aromatic N) is 4. The first-order valence-electron chi connectivity index (χ1n) is 5.14. The largest absolute Gasteiger partial charge is 0.366 e. The Kier molecular flexibility index (Phi) is 2.38. The number of benzene rings is 1. The second kappa shape index (κ2) is 3.59. The topological polar surface area (TPSA) is 69.6 Å². The number of nitrogen functional groups attached to an aromatic ring is 1. The maximum absolute atomic E-state index is 5.71. The third-order valence-corrected chi connectivity index (χ3v) is 2.43. The molecule has 0 aliphatic rings. The minimum Gasteiger partial charge on any atom is -0.366 e. The number of rotatable bonds is 1. The van der Waals surface area contributed by atoms with E-state index in [0.29, 0.717) is 5.95 Å². The van der Waals surface area contributed by atoms with Crippen LogP contribution in [0.3, 0.4) is 0 Å². The number of hydrogen-bond donors (Lipinski definition) is 1. The predicted octanol–water partition coefficient (Wildman–Crippen LogP) is 1.54. The van der Waals surface area contributed by atoms with Gasteiger partial charge in [0.1, 0.15) is 0 Å². The number of tetrazole rings is 1. The summed E-state index contributed by atoms with van der Waals surface area (Å²) < 4.78 is 1.56. The first kappa shape index (κ1) is 10.6. The number of anilines is 1. The van der Waals surface area contributed by atoms with Gasteiger partial charge in [0.05, 0.1) is 5.69 Å².